The summed E-state index contributed by atoms with van der Waals surface area (Å²) in [5.41, 5.74) is 12.4. The maximum atomic E-state index is 12.0. The third-order valence-corrected chi connectivity index (χ3v) is 7.30. The summed E-state index contributed by atoms with van der Waals surface area (Å²) >= 11 is 0. The van der Waals surface area contributed by atoms with Gasteiger partial charge >= 0.3 is 6.09 Å². The van der Waals surface area contributed by atoms with Crippen LogP contribution in [0.2, 0.25) is 0 Å². The Morgan fingerprint density at radius 3 is 1.93 bits per heavy atom. The number of rotatable bonds is 5. The Balaban J connectivity index is 0.000000232. The molecule has 0 radical (unpaired) electrons. The number of piperidine rings is 2. The van der Waals surface area contributed by atoms with Crippen LogP contribution in [0.15, 0.2) is 60.9 Å². The first-order chi connectivity index (χ1) is 21.1. The Labute approximate surface area is 262 Å². The van der Waals surface area contributed by atoms with Crippen molar-refractivity contribution in [3.63, 3.8) is 0 Å². The smallest absolute Gasteiger partial charge is 0.410 e. The summed E-state index contributed by atoms with van der Waals surface area (Å²) in [6, 6.07) is 17.3. The summed E-state index contributed by atoms with van der Waals surface area (Å²) in [5, 5.41) is 8.26. The number of anilines is 2. The molecule has 0 bridgehead atoms. The number of nitrogens with one attached hydrogen (secondary N) is 1. The molecule has 10 nitrogen and oxygen atoms in total. The normalized spacial score (nSPS) is 15.6. The van der Waals surface area contributed by atoms with Crippen LogP contribution < -0.4 is 16.2 Å². The third kappa shape index (κ3) is 10.2. The minimum absolute atomic E-state index is 0.149. The molecule has 0 atom stereocenters. The van der Waals surface area contributed by atoms with Crippen LogP contribution in [0.5, 0.6) is 11.5 Å². The SMILES string of the molecule is CC.CC(C)(C)OC(=O)N1CCC(N2CCCCC2)CC1.N=C(c1ccc(Oc2ccccc2)cc1)c1c(N)ncnc1N. The lowest BCUT2D eigenvalue weighted by Gasteiger charge is -2.40. The standard InChI is InChI=1S/C17H15N5O.C15H28N2O2.C2H6/c18-15(14-16(19)21-10-22-17(14)20)11-6-8-13(9-7-11)23-12-4-2-1-3-5-12;1-15(2,3)19-14(18)17-11-7-13(8-12-17)16-9-5-4-6-10-16;1-2/h1-10,18H,(H4,19,20,21,22);13H,4-12H2,1-3H3;1-2H3. The Morgan fingerprint density at radius 1 is 0.841 bits per heavy atom. The van der Waals surface area contributed by atoms with Crippen molar-refractivity contribution in [1.29, 1.82) is 5.41 Å². The predicted octanol–water partition coefficient (Wildman–Crippen LogP) is 6.75. The van der Waals surface area contributed by atoms with E-state index in [4.69, 9.17) is 26.4 Å². The van der Waals surface area contributed by atoms with Crippen molar-refractivity contribution in [2.45, 2.75) is 78.4 Å². The molecular formula is C34H49N7O3. The number of hydrogen-bond acceptors (Lipinski definition) is 9. The predicted molar refractivity (Wildman–Crippen MR) is 177 cm³/mol. The topological polar surface area (TPSA) is 144 Å². The molecule has 2 aliphatic heterocycles. The average Bonchev–Trinajstić information content (AvgIpc) is 3.03. The molecule has 10 heteroatoms. The van der Waals surface area contributed by atoms with Crippen molar-refractivity contribution >= 4 is 23.4 Å². The first kappa shape index (κ1) is 34.3. The monoisotopic (exact) mass is 603 g/mol. The van der Waals surface area contributed by atoms with E-state index in [-0.39, 0.29) is 29.0 Å². The van der Waals surface area contributed by atoms with Gasteiger partial charge in [-0.05, 0) is 95.9 Å². The summed E-state index contributed by atoms with van der Waals surface area (Å²) < 4.78 is 11.2. The van der Waals surface area contributed by atoms with Gasteiger partial charge < -0.3 is 30.7 Å². The molecule has 0 spiro atoms. The van der Waals surface area contributed by atoms with E-state index in [0.29, 0.717) is 22.9 Å². The number of ether oxygens (including phenoxy) is 2. The molecule has 44 heavy (non-hydrogen) atoms. The molecule has 0 aliphatic carbocycles. The van der Waals surface area contributed by atoms with Gasteiger partial charge in [0.2, 0.25) is 0 Å². The summed E-state index contributed by atoms with van der Waals surface area (Å²) in [5.74, 6) is 1.80. The molecule has 5 N–H and O–H groups in total. The fourth-order valence-corrected chi connectivity index (χ4v) is 5.15. The fourth-order valence-electron chi connectivity index (χ4n) is 5.15. The van der Waals surface area contributed by atoms with E-state index in [1.807, 2.05) is 69.9 Å². The van der Waals surface area contributed by atoms with Gasteiger partial charge in [0.15, 0.2) is 0 Å². The van der Waals surface area contributed by atoms with E-state index in [9.17, 15) is 4.79 Å². The van der Waals surface area contributed by atoms with E-state index in [1.165, 1.54) is 38.7 Å². The molecule has 2 saturated heterocycles. The van der Waals surface area contributed by atoms with Crippen LogP contribution in [-0.2, 0) is 4.74 Å². The highest BCUT2D eigenvalue weighted by Crippen LogP contribution is 2.25. The summed E-state index contributed by atoms with van der Waals surface area (Å²) in [6.07, 6.45) is 7.38. The lowest BCUT2D eigenvalue weighted by Crippen LogP contribution is -2.49. The molecule has 0 unspecified atom stereocenters. The van der Waals surface area contributed by atoms with Crippen LogP contribution in [-0.4, -0.2) is 69.4 Å². The second-order valence-electron chi connectivity index (χ2n) is 11.6. The van der Waals surface area contributed by atoms with Crippen molar-refractivity contribution in [3.8, 4) is 11.5 Å². The fraction of sp³-hybridized carbons (Fsp3) is 0.471. The van der Waals surface area contributed by atoms with E-state index in [1.54, 1.807) is 24.3 Å². The first-order valence-corrected chi connectivity index (χ1v) is 15.6. The first-order valence-electron chi connectivity index (χ1n) is 15.6. The highest BCUT2D eigenvalue weighted by molar-refractivity contribution is 6.15. The van der Waals surface area contributed by atoms with Crippen molar-refractivity contribution in [3.05, 3.63) is 72.1 Å². The maximum absolute atomic E-state index is 12.0. The molecule has 5 rings (SSSR count). The van der Waals surface area contributed by atoms with Crippen molar-refractivity contribution in [2.24, 2.45) is 0 Å². The second kappa shape index (κ2) is 16.6. The van der Waals surface area contributed by atoms with E-state index in [2.05, 4.69) is 14.9 Å². The average molecular weight is 604 g/mol. The number of nitrogens with two attached hydrogens (primary N) is 2. The Kier molecular flexibility index (Phi) is 13.0. The summed E-state index contributed by atoms with van der Waals surface area (Å²) in [7, 11) is 0. The minimum atomic E-state index is -0.388. The van der Waals surface area contributed by atoms with E-state index >= 15 is 0 Å². The lowest BCUT2D eigenvalue weighted by atomic mass is 10.0. The molecule has 1 amide bonds. The molecule has 2 aliphatic rings. The molecular weight excluding hydrogens is 554 g/mol. The van der Waals surface area contributed by atoms with Gasteiger partial charge in [0.1, 0.15) is 35.1 Å². The van der Waals surface area contributed by atoms with Crippen LogP contribution in [0.1, 0.15) is 77.8 Å². The number of hydrogen-bond donors (Lipinski definition) is 3. The van der Waals surface area contributed by atoms with Gasteiger partial charge in [-0.1, -0.05) is 38.5 Å². The molecule has 0 saturated carbocycles. The van der Waals surface area contributed by atoms with E-state index < -0.39 is 0 Å². The number of aromatic nitrogens is 2. The van der Waals surface area contributed by atoms with Gasteiger partial charge in [-0.15, -0.1) is 0 Å². The number of nitrogen functional groups attached to an aromatic ring is 2. The van der Waals surface area contributed by atoms with Crippen molar-refractivity contribution in [1.82, 2.24) is 19.8 Å². The zero-order chi connectivity index (χ0) is 32.1. The van der Waals surface area contributed by atoms with Crippen LogP contribution in [0, 0.1) is 5.41 Å². The number of carbonyl (C=O) groups excluding carboxylic acids is 1. The second-order valence-corrected chi connectivity index (χ2v) is 11.6. The number of nitrogens with zero attached hydrogens (tertiary/aromatic N) is 4. The van der Waals surface area contributed by atoms with Gasteiger partial charge in [0.25, 0.3) is 0 Å². The number of benzene rings is 2. The molecule has 238 valence electrons. The molecule has 1 aromatic heterocycles. The lowest BCUT2D eigenvalue weighted by molar-refractivity contribution is 0.0131. The summed E-state index contributed by atoms with van der Waals surface area (Å²) in [6.45, 7) is 13.9. The number of para-hydroxylation sites is 1. The van der Waals surface area contributed by atoms with Crippen LogP contribution in [0.25, 0.3) is 0 Å². The zero-order valence-electron chi connectivity index (χ0n) is 26.9. The molecule has 3 heterocycles. The Morgan fingerprint density at radius 2 is 1.39 bits per heavy atom. The maximum Gasteiger partial charge on any atom is 0.410 e. The van der Waals surface area contributed by atoms with Gasteiger partial charge in [0, 0.05) is 24.7 Å². The highest BCUT2D eigenvalue weighted by atomic mass is 16.6. The van der Waals surface area contributed by atoms with Crippen LogP contribution >= 0.6 is 0 Å². The molecule has 2 fully saturated rings. The van der Waals surface area contributed by atoms with Crippen molar-refractivity contribution in [2.75, 3.05) is 37.6 Å². The third-order valence-electron chi connectivity index (χ3n) is 7.30. The van der Waals surface area contributed by atoms with Gasteiger partial charge in [-0.2, -0.15) is 0 Å². The van der Waals surface area contributed by atoms with Gasteiger partial charge in [-0.25, -0.2) is 14.8 Å². The number of amides is 1. The van der Waals surface area contributed by atoms with Crippen molar-refractivity contribution < 1.29 is 14.3 Å². The van der Waals surface area contributed by atoms with Crippen LogP contribution in [0.3, 0.4) is 0 Å². The largest absolute Gasteiger partial charge is 0.457 e. The minimum Gasteiger partial charge on any atom is -0.457 e. The number of likely N-dealkylation sites (tertiary alicyclic amines) is 2. The molecule has 2 aromatic carbocycles. The van der Waals surface area contributed by atoms with Gasteiger partial charge in [-0.3, -0.25) is 5.41 Å². The summed E-state index contributed by atoms with van der Waals surface area (Å²) in [4.78, 5) is 24.2. The zero-order valence-corrected chi connectivity index (χ0v) is 26.9. The Bertz CT molecular complexity index is 1290. The Hall–Kier alpha value is -4.18. The molecule has 3 aromatic rings. The highest BCUT2D eigenvalue weighted by Gasteiger charge is 2.29. The van der Waals surface area contributed by atoms with Gasteiger partial charge in [0.05, 0.1) is 11.3 Å². The quantitative estimate of drug-likeness (QED) is 0.272. The number of carbonyl (C=O) groups is 1. The van der Waals surface area contributed by atoms with Crippen LogP contribution in [0.4, 0.5) is 16.4 Å². The van der Waals surface area contributed by atoms with E-state index in [0.717, 1.165) is 31.7 Å².